The Morgan fingerprint density at radius 1 is 1.78 bits per heavy atom. The predicted octanol–water partition coefficient (Wildman–Crippen LogP) is 1.25. The third-order valence-corrected chi connectivity index (χ3v) is 2.17. The Morgan fingerprint density at radius 3 is 3.00 bits per heavy atom. The van der Waals surface area contributed by atoms with Gasteiger partial charge in [-0.25, -0.2) is 0 Å². The summed E-state index contributed by atoms with van der Waals surface area (Å²) in [4.78, 5) is 0. The summed E-state index contributed by atoms with van der Waals surface area (Å²) in [5, 5.41) is 6.28. The van der Waals surface area contributed by atoms with E-state index in [2.05, 4.69) is 5.32 Å². The summed E-state index contributed by atoms with van der Waals surface area (Å²) >= 11 is 1.68. The van der Waals surface area contributed by atoms with E-state index < -0.39 is 0 Å². The minimum atomic E-state index is 0.625. The maximum absolute atomic E-state index is 5.44. The van der Waals surface area contributed by atoms with Crippen molar-refractivity contribution in [2.24, 2.45) is 5.73 Å². The first kappa shape index (κ1) is 6.58. The summed E-state index contributed by atoms with van der Waals surface area (Å²) in [6.07, 6.45) is 0. The number of nitrogens with one attached hydrogen (secondary N) is 1. The monoisotopic (exact) mass is 142 g/mol. The summed E-state index contributed by atoms with van der Waals surface area (Å²) in [5.41, 5.74) is 6.63. The summed E-state index contributed by atoms with van der Waals surface area (Å²) in [6.45, 7) is 0.625. The van der Waals surface area contributed by atoms with Crippen LogP contribution in [0.4, 0.5) is 5.00 Å². The molecule has 0 aliphatic rings. The summed E-state index contributed by atoms with van der Waals surface area (Å²) < 4.78 is 0. The fraction of sp³-hybridized carbons (Fsp3) is 0.333. The fourth-order valence-electron chi connectivity index (χ4n) is 0.716. The predicted molar refractivity (Wildman–Crippen MR) is 41.8 cm³/mol. The molecule has 3 heteroatoms. The molecule has 0 aliphatic carbocycles. The maximum Gasteiger partial charge on any atom is 0.0925 e. The van der Waals surface area contributed by atoms with Gasteiger partial charge in [0.25, 0.3) is 0 Å². The molecular formula is C6H10N2S. The van der Waals surface area contributed by atoms with Crippen LogP contribution in [0.3, 0.4) is 0 Å². The van der Waals surface area contributed by atoms with Crippen molar-refractivity contribution in [1.29, 1.82) is 0 Å². The van der Waals surface area contributed by atoms with Crippen LogP contribution in [0.25, 0.3) is 0 Å². The van der Waals surface area contributed by atoms with Crippen molar-refractivity contribution in [3.63, 3.8) is 0 Å². The van der Waals surface area contributed by atoms with E-state index in [9.17, 15) is 0 Å². The number of rotatable bonds is 2. The molecule has 0 atom stereocenters. The second kappa shape index (κ2) is 2.85. The van der Waals surface area contributed by atoms with E-state index in [0.29, 0.717) is 6.54 Å². The molecule has 9 heavy (non-hydrogen) atoms. The molecular weight excluding hydrogens is 132 g/mol. The van der Waals surface area contributed by atoms with Gasteiger partial charge in [-0.2, -0.15) is 0 Å². The third-order valence-electron chi connectivity index (χ3n) is 1.19. The molecule has 1 aromatic heterocycles. The average molecular weight is 142 g/mol. The van der Waals surface area contributed by atoms with E-state index in [1.165, 1.54) is 10.6 Å². The molecule has 0 aliphatic heterocycles. The van der Waals surface area contributed by atoms with Crippen molar-refractivity contribution >= 4 is 16.3 Å². The molecule has 3 N–H and O–H groups in total. The smallest absolute Gasteiger partial charge is 0.0925 e. The first-order valence-electron chi connectivity index (χ1n) is 2.82. The van der Waals surface area contributed by atoms with Gasteiger partial charge in [-0.05, 0) is 17.0 Å². The molecule has 0 spiro atoms. The zero-order valence-electron chi connectivity index (χ0n) is 5.35. The number of hydrogen-bond donors (Lipinski definition) is 2. The molecule has 0 radical (unpaired) electrons. The summed E-state index contributed by atoms with van der Waals surface area (Å²) in [7, 11) is 1.91. The topological polar surface area (TPSA) is 38.0 Å². The Morgan fingerprint density at radius 2 is 2.56 bits per heavy atom. The van der Waals surface area contributed by atoms with Crippen LogP contribution in [0, 0.1) is 0 Å². The van der Waals surface area contributed by atoms with Crippen molar-refractivity contribution in [3.05, 3.63) is 17.0 Å². The number of thiophene rings is 1. The second-order valence-corrected chi connectivity index (χ2v) is 2.65. The molecule has 0 saturated carbocycles. The van der Waals surface area contributed by atoms with Gasteiger partial charge in [-0.15, -0.1) is 11.3 Å². The van der Waals surface area contributed by atoms with Gasteiger partial charge >= 0.3 is 0 Å². The van der Waals surface area contributed by atoms with Gasteiger partial charge in [-0.1, -0.05) is 0 Å². The van der Waals surface area contributed by atoms with Crippen LogP contribution in [-0.2, 0) is 6.54 Å². The van der Waals surface area contributed by atoms with Crippen molar-refractivity contribution < 1.29 is 0 Å². The summed E-state index contributed by atoms with van der Waals surface area (Å²) in [6, 6.07) is 2.04. The number of nitrogens with two attached hydrogens (primary N) is 1. The van der Waals surface area contributed by atoms with Gasteiger partial charge in [0.2, 0.25) is 0 Å². The molecule has 1 heterocycles. The van der Waals surface area contributed by atoms with Crippen molar-refractivity contribution in [2.45, 2.75) is 6.54 Å². The van der Waals surface area contributed by atoms with Gasteiger partial charge in [0, 0.05) is 13.6 Å². The molecule has 0 bridgehead atoms. The molecule has 0 aromatic carbocycles. The molecule has 1 aromatic rings. The highest BCUT2D eigenvalue weighted by Gasteiger charge is 1.96. The minimum Gasteiger partial charge on any atom is -0.380 e. The van der Waals surface area contributed by atoms with Gasteiger partial charge in [0.05, 0.1) is 5.00 Å². The number of hydrogen-bond acceptors (Lipinski definition) is 3. The summed E-state index contributed by atoms with van der Waals surface area (Å²) in [5.74, 6) is 0. The lowest BCUT2D eigenvalue weighted by molar-refractivity contribution is 1.08. The Kier molecular flexibility index (Phi) is 2.08. The lowest BCUT2D eigenvalue weighted by atomic mass is 10.3. The standard InChI is InChI=1S/C6H10N2S/c1-8-6-5(4-7)2-3-9-6/h2-3,8H,4,7H2,1H3. The van der Waals surface area contributed by atoms with Crippen LogP contribution in [0.15, 0.2) is 11.4 Å². The van der Waals surface area contributed by atoms with Crippen molar-refractivity contribution in [3.8, 4) is 0 Å². The van der Waals surface area contributed by atoms with Gasteiger partial charge in [0.15, 0.2) is 0 Å². The molecule has 0 unspecified atom stereocenters. The average Bonchev–Trinajstić information content (AvgIpc) is 2.33. The molecule has 1 rings (SSSR count). The molecule has 0 saturated heterocycles. The van der Waals surface area contributed by atoms with E-state index in [1.807, 2.05) is 18.5 Å². The van der Waals surface area contributed by atoms with Crippen molar-refractivity contribution in [1.82, 2.24) is 0 Å². The van der Waals surface area contributed by atoms with E-state index in [1.54, 1.807) is 11.3 Å². The van der Waals surface area contributed by atoms with E-state index >= 15 is 0 Å². The highest BCUT2D eigenvalue weighted by molar-refractivity contribution is 7.14. The van der Waals surface area contributed by atoms with Crippen LogP contribution in [0.1, 0.15) is 5.56 Å². The zero-order chi connectivity index (χ0) is 6.69. The van der Waals surface area contributed by atoms with E-state index in [4.69, 9.17) is 5.73 Å². The minimum absolute atomic E-state index is 0.625. The maximum atomic E-state index is 5.44. The lowest BCUT2D eigenvalue weighted by Gasteiger charge is -1.96. The Balaban J connectivity index is 2.85. The molecule has 50 valence electrons. The van der Waals surface area contributed by atoms with Crippen LogP contribution in [-0.4, -0.2) is 7.05 Å². The molecule has 0 fully saturated rings. The highest BCUT2D eigenvalue weighted by atomic mass is 32.1. The first-order chi connectivity index (χ1) is 4.38. The third kappa shape index (κ3) is 1.23. The molecule has 2 nitrogen and oxygen atoms in total. The van der Waals surface area contributed by atoms with Crippen LogP contribution in [0.5, 0.6) is 0 Å². The second-order valence-electron chi connectivity index (χ2n) is 1.73. The van der Waals surface area contributed by atoms with Gasteiger partial charge in [0.1, 0.15) is 0 Å². The van der Waals surface area contributed by atoms with Crippen LogP contribution < -0.4 is 11.1 Å². The van der Waals surface area contributed by atoms with Crippen LogP contribution in [0.2, 0.25) is 0 Å². The van der Waals surface area contributed by atoms with Gasteiger partial charge < -0.3 is 11.1 Å². The van der Waals surface area contributed by atoms with E-state index in [-0.39, 0.29) is 0 Å². The fourth-order valence-corrected chi connectivity index (χ4v) is 1.50. The highest BCUT2D eigenvalue weighted by Crippen LogP contribution is 2.21. The van der Waals surface area contributed by atoms with E-state index in [0.717, 1.165) is 0 Å². The van der Waals surface area contributed by atoms with Gasteiger partial charge in [-0.3, -0.25) is 0 Å². The number of anilines is 1. The Bertz CT molecular complexity index is 164. The SMILES string of the molecule is CNc1sccc1CN. The zero-order valence-corrected chi connectivity index (χ0v) is 6.16. The van der Waals surface area contributed by atoms with Crippen LogP contribution >= 0.6 is 11.3 Å². The quantitative estimate of drug-likeness (QED) is 0.652. The Labute approximate surface area is 58.7 Å². The van der Waals surface area contributed by atoms with Crippen molar-refractivity contribution in [2.75, 3.05) is 12.4 Å². The Hall–Kier alpha value is -0.540. The largest absolute Gasteiger partial charge is 0.380 e. The normalized spacial score (nSPS) is 9.56. The molecule has 0 amide bonds. The lowest BCUT2D eigenvalue weighted by Crippen LogP contribution is -1.97. The first-order valence-corrected chi connectivity index (χ1v) is 3.70.